The van der Waals surface area contributed by atoms with Gasteiger partial charge in [0.25, 0.3) is 0 Å². The molecule has 0 bridgehead atoms. The van der Waals surface area contributed by atoms with Crippen molar-refractivity contribution in [1.82, 2.24) is 10.2 Å². The van der Waals surface area contributed by atoms with Crippen LogP contribution in [0.3, 0.4) is 0 Å². The van der Waals surface area contributed by atoms with Gasteiger partial charge in [0.2, 0.25) is 0 Å². The lowest BCUT2D eigenvalue weighted by molar-refractivity contribution is 0.280. The Morgan fingerprint density at radius 1 is 1.31 bits per heavy atom. The lowest BCUT2D eigenvalue weighted by Gasteiger charge is -2.33. The van der Waals surface area contributed by atoms with E-state index >= 15 is 0 Å². The quantitative estimate of drug-likeness (QED) is 0.814. The summed E-state index contributed by atoms with van der Waals surface area (Å²) < 4.78 is 0. The molecule has 1 N–H and O–H groups in total. The van der Waals surface area contributed by atoms with Crippen molar-refractivity contribution in [3.63, 3.8) is 0 Å². The van der Waals surface area contributed by atoms with Gasteiger partial charge in [-0.15, -0.1) is 0 Å². The first kappa shape index (κ1) is 12.7. The van der Waals surface area contributed by atoms with Gasteiger partial charge in [0.05, 0.1) is 0 Å². The molecule has 94 valence electrons. The van der Waals surface area contributed by atoms with Crippen molar-refractivity contribution in [2.24, 2.45) is 0 Å². The van der Waals surface area contributed by atoms with Crippen LogP contribution < -0.4 is 5.32 Å². The second-order valence-corrected chi connectivity index (χ2v) is 6.89. The van der Waals surface area contributed by atoms with Gasteiger partial charge in [-0.05, 0) is 51.4 Å². The second-order valence-electron chi connectivity index (χ2n) is 5.40. The highest BCUT2D eigenvalue weighted by Crippen LogP contribution is 2.25. The Labute approximate surface area is 105 Å². The van der Waals surface area contributed by atoms with E-state index in [0.29, 0.717) is 6.04 Å². The van der Waals surface area contributed by atoms with Crippen LogP contribution in [0.15, 0.2) is 0 Å². The summed E-state index contributed by atoms with van der Waals surface area (Å²) in [5.41, 5.74) is 0. The summed E-state index contributed by atoms with van der Waals surface area (Å²) in [6, 6.07) is 1.40. The molecule has 0 aromatic heterocycles. The smallest absolute Gasteiger partial charge is 0.0187 e. The van der Waals surface area contributed by atoms with Crippen LogP contribution in [0, 0.1) is 0 Å². The predicted molar refractivity (Wildman–Crippen MR) is 73.2 cm³/mol. The third kappa shape index (κ3) is 3.64. The van der Waals surface area contributed by atoms with Crippen LogP contribution in [0.2, 0.25) is 0 Å². The highest BCUT2D eigenvalue weighted by Gasteiger charge is 2.24. The number of hydrogen-bond donors (Lipinski definition) is 1. The second kappa shape index (κ2) is 6.27. The van der Waals surface area contributed by atoms with E-state index in [0.717, 1.165) is 11.3 Å². The Bertz CT molecular complexity index is 204. The average Bonchev–Trinajstić information content (AvgIpc) is 2.74. The van der Waals surface area contributed by atoms with E-state index in [2.05, 4.69) is 35.8 Å². The van der Waals surface area contributed by atoms with Crippen LogP contribution in [0.4, 0.5) is 0 Å². The fraction of sp³-hybridized carbons (Fsp3) is 1.00. The molecule has 16 heavy (non-hydrogen) atoms. The van der Waals surface area contributed by atoms with Gasteiger partial charge < -0.3 is 10.2 Å². The van der Waals surface area contributed by atoms with Gasteiger partial charge in [0, 0.05) is 23.9 Å². The molecule has 0 spiro atoms. The molecule has 2 nitrogen and oxygen atoms in total. The zero-order chi connectivity index (χ0) is 11.4. The van der Waals surface area contributed by atoms with E-state index in [4.69, 9.17) is 0 Å². The highest BCUT2D eigenvalue weighted by molar-refractivity contribution is 7.99. The molecular formula is C13H26N2S. The van der Waals surface area contributed by atoms with Crippen LogP contribution >= 0.6 is 11.8 Å². The van der Waals surface area contributed by atoms with Crippen LogP contribution in [0.5, 0.6) is 0 Å². The number of likely N-dealkylation sites (tertiary alicyclic amines) is 1. The van der Waals surface area contributed by atoms with Crippen LogP contribution in [-0.2, 0) is 0 Å². The average molecular weight is 242 g/mol. The van der Waals surface area contributed by atoms with Gasteiger partial charge in [-0.3, -0.25) is 0 Å². The summed E-state index contributed by atoms with van der Waals surface area (Å²) in [6.07, 6.45) is 5.58. The number of hydrogen-bond acceptors (Lipinski definition) is 3. The molecular weight excluding hydrogens is 216 g/mol. The van der Waals surface area contributed by atoms with Crippen molar-refractivity contribution in [3.05, 3.63) is 0 Å². The third-order valence-electron chi connectivity index (χ3n) is 3.84. The van der Waals surface area contributed by atoms with Crippen LogP contribution in [-0.4, -0.2) is 47.6 Å². The van der Waals surface area contributed by atoms with Crippen molar-refractivity contribution < 1.29 is 0 Å². The molecule has 0 aromatic carbocycles. The van der Waals surface area contributed by atoms with Gasteiger partial charge in [-0.1, -0.05) is 6.92 Å². The third-order valence-corrected chi connectivity index (χ3v) is 5.21. The van der Waals surface area contributed by atoms with Gasteiger partial charge >= 0.3 is 0 Å². The van der Waals surface area contributed by atoms with Crippen LogP contribution in [0.25, 0.3) is 0 Å². The number of nitrogens with one attached hydrogen (secondary N) is 1. The van der Waals surface area contributed by atoms with Crippen molar-refractivity contribution in [3.8, 4) is 0 Å². The van der Waals surface area contributed by atoms with Crippen molar-refractivity contribution >= 4 is 11.8 Å². The predicted octanol–water partition coefficient (Wildman–Crippen LogP) is 2.34. The van der Waals surface area contributed by atoms with E-state index < -0.39 is 0 Å². The standard InChI is InChI=1S/C13H26N2S/c1-11(10-15-7-3-4-8-15)14-13-6-5-9-16-12(13)2/h11-14H,3-10H2,1-2H3. The number of thioether (sulfide) groups is 1. The minimum Gasteiger partial charge on any atom is -0.309 e. The number of rotatable bonds is 4. The molecule has 0 radical (unpaired) electrons. The zero-order valence-electron chi connectivity index (χ0n) is 10.7. The molecule has 0 saturated carbocycles. The molecule has 0 aromatic rings. The van der Waals surface area contributed by atoms with Gasteiger partial charge in [-0.25, -0.2) is 0 Å². The highest BCUT2D eigenvalue weighted by atomic mass is 32.2. The van der Waals surface area contributed by atoms with Gasteiger partial charge in [0.1, 0.15) is 0 Å². The Morgan fingerprint density at radius 3 is 2.75 bits per heavy atom. The summed E-state index contributed by atoms with van der Waals surface area (Å²) in [4.78, 5) is 2.61. The SMILES string of the molecule is CC(CN1CCCC1)NC1CCCSC1C. The topological polar surface area (TPSA) is 15.3 Å². The lowest BCUT2D eigenvalue weighted by Crippen LogP contribution is -2.47. The fourth-order valence-electron chi connectivity index (χ4n) is 2.91. The molecule has 2 aliphatic rings. The summed E-state index contributed by atoms with van der Waals surface area (Å²) in [5, 5.41) is 4.63. The largest absolute Gasteiger partial charge is 0.309 e. The molecule has 3 unspecified atom stereocenters. The summed E-state index contributed by atoms with van der Waals surface area (Å²) in [7, 11) is 0. The maximum atomic E-state index is 3.83. The summed E-state index contributed by atoms with van der Waals surface area (Å²) >= 11 is 2.13. The van der Waals surface area contributed by atoms with E-state index in [9.17, 15) is 0 Å². The van der Waals surface area contributed by atoms with E-state index in [1.165, 1.54) is 51.1 Å². The molecule has 3 atom stereocenters. The van der Waals surface area contributed by atoms with Crippen molar-refractivity contribution in [2.45, 2.75) is 56.9 Å². The van der Waals surface area contributed by atoms with Crippen molar-refractivity contribution in [1.29, 1.82) is 0 Å². The first-order chi connectivity index (χ1) is 7.75. The molecule has 2 fully saturated rings. The van der Waals surface area contributed by atoms with Gasteiger partial charge in [0.15, 0.2) is 0 Å². The summed E-state index contributed by atoms with van der Waals surface area (Å²) in [6.45, 7) is 8.62. The minimum atomic E-state index is 0.657. The van der Waals surface area contributed by atoms with Gasteiger partial charge in [-0.2, -0.15) is 11.8 Å². The Balaban J connectivity index is 1.70. The molecule has 2 saturated heterocycles. The molecule has 2 rings (SSSR count). The molecule has 0 amide bonds. The molecule has 2 heterocycles. The monoisotopic (exact) mass is 242 g/mol. The first-order valence-electron chi connectivity index (χ1n) is 6.85. The Kier molecular flexibility index (Phi) is 4.98. The van der Waals surface area contributed by atoms with Crippen LogP contribution in [0.1, 0.15) is 39.5 Å². The molecule has 3 heteroatoms. The Morgan fingerprint density at radius 2 is 2.06 bits per heavy atom. The normalized spacial score (nSPS) is 34.1. The first-order valence-corrected chi connectivity index (χ1v) is 7.90. The maximum Gasteiger partial charge on any atom is 0.0187 e. The van der Waals surface area contributed by atoms with E-state index in [1.54, 1.807) is 0 Å². The molecule has 0 aliphatic carbocycles. The van der Waals surface area contributed by atoms with E-state index in [-0.39, 0.29) is 0 Å². The molecule has 2 aliphatic heterocycles. The maximum absolute atomic E-state index is 3.83. The fourth-order valence-corrected chi connectivity index (χ4v) is 4.06. The number of nitrogens with zero attached hydrogens (tertiary/aromatic N) is 1. The Hall–Kier alpha value is 0.270. The van der Waals surface area contributed by atoms with E-state index in [1.807, 2.05) is 0 Å². The zero-order valence-corrected chi connectivity index (χ0v) is 11.6. The minimum absolute atomic E-state index is 0.657. The van der Waals surface area contributed by atoms with Crippen molar-refractivity contribution in [2.75, 3.05) is 25.4 Å². The lowest BCUT2D eigenvalue weighted by atomic mass is 10.1. The summed E-state index contributed by atoms with van der Waals surface area (Å²) in [5.74, 6) is 1.36.